The van der Waals surface area contributed by atoms with E-state index in [9.17, 15) is 0 Å². The molecule has 0 aliphatic carbocycles. The van der Waals surface area contributed by atoms with Crippen molar-refractivity contribution in [1.82, 2.24) is 5.32 Å². The molecule has 0 rings (SSSR count). The van der Waals surface area contributed by atoms with Crippen molar-refractivity contribution in [2.45, 2.75) is 0 Å². The summed E-state index contributed by atoms with van der Waals surface area (Å²) in [7, 11) is 1.73. The van der Waals surface area contributed by atoms with Crippen LogP contribution in [0.4, 0.5) is 0 Å². The van der Waals surface area contributed by atoms with Gasteiger partial charge in [-0.2, -0.15) is 0 Å². The van der Waals surface area contributed by atoms with Crippen molar-refractivity contribution in [3.8, 4) is 0 Å². The van der Waals surface area contributed by atoms with E-state index in [1.807, 2.05) is 0 Å². The molecule has 0 aromatic rings. The fraction of sp³-hybridized carbons (Fsp3) is 0.200. The summed E-state index contributed by atoms with van der Waals surface area (Å²) in [6.07, 6.45) is 1.38. The zero-order valence-electron chi connectivity index (χ0n) is 4.94. The molecule has 0 amide bonds. The molecule has 8 heavy (non-hydrogen) atoms. The number of rotatable bonds is 2. The van der Waals surface area contributed by atoms with Crippen LogP contribution in [-0.4, -0.2) is 7.05 Å². The van der Waals surface area contributed by atoms with E-state index in [0.717, 1.165) is 0 Å². The van der Waals surface area contributed by atoms with Crippen LogP contribution in [-0.2, 0) is 0 Å². The van der Waals surface area contributed by atoms with E-state index in [1.54, 1.807) is 7.05 Å². The van der Waals surface area contributed by atoms with Crippen LogP contribution < -0.4 is 16.8 Å². The Labute approximate surface area is 49.0 Å². The van der Waals surface area contributed by atoms with Crippen LogP contribution in [0.1, 0.15) is 0 Å². The lowest BCUT2D eigenvalue weighted by Gasteiger charge is -2.01. The highest BCUT2D eigenvalue weighted by Crippen LogP contribution is 1.89. The first-order chi connectivity index (χ1) is 3.72. The van der Waals surface area contributed by atoms with Gasteiger partial charge in [0.1, 0.15) is 0 Å². The van der Waals surface area contributed by atoms with Gasteiger partial charge in [0.2, 0.25) is 0 Å². The first kappa shape index (κ1) is 6.88. The molecule has 0 aliphatic rings. The van der Waals surface area contributed by atoms with Crippen molar-refractivity contribution >= 4 is 0 Å². The molecular weight excluding hydrogens is 102 g/mol. The van der Waals surface area contributed by atoms with Gasteiger partial charge in [-0.3, -0.25) is 0 Å². The van der Waals surface area contributed by atoms with Crippen molar-refractivity contribution in [3.05, 3.63) is 24.2 Å². The summed E-state index contributed by atoms with van der Waals surface area (Å²) in [5, 5.41) is 2.76. The fourth-order valence-electron chi connectivity index (χ4n) is 0.351. The normalized spacial score (nSPS) is 10.9. The van der Waals surface area contributed by atoms with Crippen molar-refractivity contribution in [2.75, 3.05) is 7.05 Å². The molecule has 0 atom stereocenters. The lowest BCUT2D eigenvalue weighted by atomic mass is 10.4. The minimum atomic E-state index is 0.454. The topological polar surface area (TPSA) is 64.1 Å². The fourth-order valence-corrected chi connectivity index (χ4v) is 0.351. The highest BCUT2D eigenvalue weighted by molar-refractivity contribution is 5.21. The molecule has 3 heteroatoms. The van der Waals surface area contributed by atoms with Crippen LogP contribution in [0.15, 0.2) is 24.2 Å². The Morgan fingerprint density at radius 2 is 2.25 bits per heavy atom. The van der Waals surface area contributed by atoms with E-state index in [1.165, 1.54) is 6.20 Å². The molecule has 0 fully saturated rings. The van der Waals surface area contributed by atoms with Crippen molar-refractivity contribution in [3.63, 3.8) is 0 Å². The van der Waals surface area contributed by atoms with Crippen LogP contribution >= 0.6 is 0 Å². The summed E-state index contributed by atoms with van der Waals surface area (Å²) < 4.78 is 0. The standard InChI is InChI=1S/C5H11N3/c1-4(7)5(3-6)8-2/h3,8H,1,6-7H2,2H3/b5-3+. The van der Waals surface area contributed by atoms with Gasteiger partial charge in [-0.1, -0.05) is 6.58 Å². The van der Waals surface area contributed by atoms with E-state index in [-0.39, 0.29) is 0 Å². The van der Waals surface area contributed by atoms with Crippen molar-refractivity contribution in [2.24, 2.45) is 11.5 Å². The Morgan fingerprint density at radius 1 is 1.75 bits per heavy atom. The maximum absolute atomic E-state index is 5.25. The highest BCUT2D eigenvalue weighted by Gasteiger charge is 1.88. The first-order valence-electron chi connectivity index (χ1n) is 2.26. The third-order valence-corrected chi connectivity index (χ3v) is 0.782. The van der Waals surface area contributed by atoms with Crippen molar-refractivity contribution in [1.29, 1.82) is 0 Å². The molecule has 0 saturated carbocycles. The Hall–Kier alpha value is -1.12. The van der Waals surface area contributed by atoms with E-state index >= 15 is 0 Å². The molecule has 0 spiro atoms. The summed E-state index contributed by atoms with van der Waals surface area (Å²) in [6.45, 7) is 3.46. The van der Waals surface area contributed by atoms with Crippen LogP contribution in [0.25, 0.3) is 0 Å². The van der Waals surface area contributed by atoms with Gasteiger partial charge in [-0.25, -0.2) is 0 Å². The van der Waals surface area contributed by atoms with E-state index in [2.05, 4.69) is 11.9 Å². The largest absolute Gasteiger partial charge is 0.403 e. The molecule has 5 N–H and O–H groups in total. The molecule has 3 nitrogen and oxygen atoms in total. The Morgan fingerprint density at radius 3 is 2.25 bits per heavy atom. The number of likely N-dealkylation sites (N-methyl/N-ethyl adjacent to an activating group) is 1. The number of nitrogens with two attached hydrogens (primary N) is 2. The van der Waals surface area contributed by atoms with Crippen LogP contribution in [0.5, 0.6) is 0 Å². The summed E-state index contributed by atoms with van der Waals surface area (Å²) in [5.41, 5.74) is 11.5. The third-order valence-electron chi connectivity index (χ3n) is 0.782. The third kappa shape index (κ3) is 1.55. The molecule has 0 aromatic carbocycles. The van der Waals surface area contributed by atoms with E-state index < -0.39 is 0 Å². The predicted molar refractivity (Wildman–Crippen MR) is 34.7 cm³/mol. The highest BCUT2D eigenvalue weighted by atomic mass is 14.9. The molecule has 0 radical (unpaired) electrons. The summed E-state index contributed by atoms with van der Waals surface area (Å²) >= 11 is 0. The van der Waals surface area contributed by atoms with Gasteiger partial charge in [0.05, 0.1) is 5.70 Å². The Kier molecular flexibility index (Phi) is 2.54. The van der Waals surface area contributed by atoms with Gasteiger partial charge in [0.25, 0.3) is 0 Å². The van der Waals surface area contributed by atoms with Gasteiger partial charge < -0.3 is 16.8 Å². The summed E-state index contributed by atoms with van der Waals surface area (Å²) in [6, 6.07) is 0. The first-order valence-corrected chi connectivity index (χ1v) is 2.26. The van der Waals surface area contributed by atoms with Crippen molar-refractivity contribution < 1.29 is 0 Å². The molecular formula is C5H11N3. The molecule has 0 aromatic heterocycles. The Bertz CT molecular complexity index is 115. The van der Waals surface area contributed by atoms with Gasteiger partial charge >= 0.3 is 0 Å². The molecule has 0 unspecified atom stereocenters. The zero-order valence-corrected chi connectivity index (χ0v) is 4.94. The maximum Gasteiger partial charge on any atom is 0.0722 e. The Balaban J connectivity index is 3.92. The smallest absolute Gasteiger partial charge is 0.0722 e. The van der Waals surface area contributed by atoms with E-state index in [4.69, 9.17) is 11.5 Å². The SMILES string of the molecule is C=C(N)/C(=C\N)NC. The second-order valence-electron chi connectivity index (χ2n) is 1.36. The average Bonchev–Trinajstić information content (AvgIpc) is 1.69. The van der Waals surface area contributed by atoms with Crippen LogP contribution in [0.2, 0.25) is 0 Å². The molecule has 0 saturated heterocycles. The average molecular weight is 113 g/mol. The number of nitrogens with one attached hydrogen (secondary N) is 1. The minimum absolute atomic E-state index is 0.454. The number of hydrogen-bond acceptors (Lipinski definition) is 3. The zero-order chi connectivity index (χ0) is 6.57. The molecule has 0 heterocycles. The molecule has 46 valence electrons. The van der Waals surface area contributed by atoms with Crippen LogP contribution in [0, 0.1) is 0 Å². The van der Waals surface area contributed by atoms with E-state index in [0.29, 0.717) is 11.4 Å². The monoisotopic (exact) mass is 113 g/mol. The number of hydrogen-bond donors (Lipinski definition) is 3. The minimum Gasteiger partial charge on any atom is -0.403 e. The summed E-state index contributed by atoms with van der Waals surface area (Å²) in [4.78, 5) is 0. The van der Waals surface area contributed by atoms with Gasteiger partial charge in [-0.15, -0.1) is 0 Å². The quantitative estimate of drug-likeness (QED) is 0.422. The molecule has 0 aliphatic heterocycles. The van der Waals surface area contributed by atoms with Gasteiger partial charge in [0.15, 0.2) is 0 Å². The second kappa shape index (κ2) is 2.96. The maximum atomic E-state index is 5.25. The lowest BCUT2D eigenvalue weighted by Crippen LogP contribution is -2.14. The lowest BCUT2D eigenvalue weighted by molar-refractivity contribution is 0.984. The second-order valence-corrected chi connectivity index (χ2v) is 1.36. The van der Waals surface area contributed by atoms with Gasteiger partial charge in [-0.05, 0) is 0 Å². The van der Waals surface area contributed by atoms with Gasteiger partial charge in [0, 0.05) is 18.9 Å². The predicted octanol–water partition coefficient (Wildman–Crippen LogP) is -0.522. The summed E-state index contributed by atoms with van der Waals surface area (Å²) in [5.74, 6) is 0. The van der Waals surface area contributed by atoms with Crippen LogP contribution in [0.3, 0.4) is 0 Å². The molecule has 0 bridgehead atoms.